The van der Waals surface area contributed by atoms with Crippen molar-refractivity contribution in [3.8, 4) is 89.8 Å². The molecule has 7 heteroatoms. The molecule has 0 unspecified atom stereocenters. The van der Waals surface area contributed by atoms with E-state index in [1.807, 2.05) is 11.3 Å². The molecule has 0 saturated heterocycles. The Morgan fingerprint density at radius 3 is 0.821 bits per heavy atom. The lowest BCUT2D eigenvalue weighted by molar-refractivity contribution is 1.18. The Morgan fingerprint density at radius 2 is 0.393 bits per heavy atom. The van der Waals surface area contributed by atoms with Gasteiger partial charge in [0.05, 0.1) is 71.9 Å². The summed E-state index contributed by atoms with van der Waals surface area (Å²) in [6.07, 6.45) is 0. The maximum Gasteiger partial charge on any atom is 0.0547 e. The zero-order valence-corrected chi connectivity index (χ0v) is 79.7. The van der Waals surface area contributed by atoms with Gasteiger partial charge in [-0.15, -0.1) is 11.3 Å². The number of hydrogen-bond acceptors (Lipinski definition) is 1. The highest BCUT2D eigenvalue weighted by atomic mass is 32.1. The molecule has 0 N–H and O–H groups in total. The van der Waals surface area contributed by atoms with E-state index in [1.54, 1.807) is 0 Å². The summed E-state index contributed by atoms with van der Waals surface area (Å²) in [6.45, 7) is 0. The number of benzene rings is 24. The van der Waals surface area contributed by atoms with Crippen LogP contribution in [0.2, 0.25) is 0 Å². The molecule has 0 aliphatic carbocycles. The molecule has 0 radical (unpaired) electrons. The summed E-state index contributed by atoms with van der Waals surface area (Å²) in [6, 6.07) is 195. The number of para-hydroxylation sites is 8. The largest absolute Gasteiger partial charge is 0.309 e. The number of nitrogens with zero attached hydrogens (tertiary/aromatic N) is 6. The molecule has 0 amide bonds. The monoisotopic (exact) mass is 1860 g/mol. The van der Waals surface area contributed by atoms with Gasteiger partial charge < -0.3 is 27.4 Å². The molecule has 6 nitrogen and oxygen atoms in total. The van der Waals surface area contributed by atoms with Gasteiger partial charge in [0, 0.05) is 119 Å². The average Bonchev–Trinajstić information content (AvgIpc) is 1.58. The molecule has 0 aliphatic rings. The zero-order chi connectivity index (χ0) is 95.3. The van der Waals surface area contributed by atoms with Crippen LogP contribution < -0.4 is 0 Å². The second kappa shape index (κ2) is 34.0. The van der Waals surface area contributed by atoms with Crippen LogP contribution in [0.5, 0.6) is 0 Å². The first kappa shape index (κ1) is 83.1. The summed E-state index contributed by atoms with van der Waals surface area (Å²) in [5.74, 6) is 0. The second-order valence-corrected chi connectivity index (χ2v) is 39.2. The summed E-state index contributed by atoms with van der Waals surface area (Å²) < 4.78 is 17.1. The molecule has 0 fully saturated rings. The molecule has 0 aliphatic heterocycles. The van der Waals surface area contributed by atoms with Crippen LogP contribution in [0.15, 0.2) is 534 Å². The Kier molecular flexibility index (Phi) is 19.5. The molecule has 0 saturated carbocycles. The van der Waals surface area contributed by atoms with E-state index in [-0.39, 0.29) is 0 Å². The van der Waals surface area contributed by atoms with Gasteiger partial charge >= 0.3 is 0 Å². The minimum atomic E-state index is 1.16. The topological polar surface area (TPSA) is 29.6 Å². The highest BCUT2D eigenvalue weighted by Gasteiger charge is 2.24. The van der Waals surface area contributed by atoms with E-state index in [2.05, 4.69) is 561 Å². The Morgan fingerprint density at radius 1 is 0.124 bits per heavy atom. The van der Waals surface area contributed by atoms with Crippen molar-refractivity contribution in [1.29, 1.82) is 0 Å². The van der Waals surface area contributed by atoms with Gasteiger partial charge in [-0.25, -0.2) is 0 Å². The predicted octanol–water partition coefficient (Wildman–Crippen LogP) is 37.8. The van der Waals surface area contributed by atoms with E-state index in [0.29, 0.717) is 0 Å². The van der Waals surface area contributed by atoms with Crippen LogP contribution in [0.1, 0.15) is 0 Å². The van der Waals surface area contributed by atoms with Gasteiger partial charge in [-0.05, 0) is 252 Å². The first-order valence-corrected chi connectivity index (χ1v) is 50.6. The molecule has 0 bridgehead atoms. The number of fused-ring (bicyclic) bond motifs is 24. The van der Waals surface area contributed by atoms with Crippen LogP contribution >= 0.6 is 11.3 Å². The Bertz CT molecular complexity index is 10500. The fourth-order valence-electron chi connectivity index (χ4n) is 23.4. The lowest BCUT2D eigenvalue weighted by Crippen LogP contribution is -1.95. The van der Waals surface area contributed by atoms with E-state index in [1.165, 1.54) is 262 Å². The van der Waals surface area contributed by atoms with Gasteiger partial charge in [0.1, 0.15) is 0 Å². The molecule has 31 rings (SSSR count). The van der Waals surface area contributed by atoms with Gasteiger partial charge in [0.15, 0.2) is 0 Å². The molecule has 0 spiro atoms. The van der Waals surface area contributed by atoms with Gasteiger partial charge in [0.2, 0.25) is 0 Å². The quantitative estimate of drug-likeness (QED) is 0.124. The maximum absolute atomic E-state index is 2.46. The van der Waals surface area contributed by atoms with Crippen LogP contribution in [0.3, 0.4) is 0 Å². The molecule has 676 valence electrons. The molecule has 31 aromatic rings. The number of aromatic nitrogens is 6. The van der Waals surface area contributed by atoms with Crippen molar-refractivity contribution < 1.29 is 0 Å². The van der Waals surface area contributed by atoms with Gasteiger partial charge in [-0.2, -0.15) is 0 Å². The molecular formula is C138H88N6S. The van der Waals surface area contributed by atoms with Crippen LogP contribution in [0, 0.1) is 0 Å². The minimum absolute atomic E-state index is 1.16. The van der Waals surface area contributed by atoms with E-state index >= 15 is 0 Å². The SMILES string of the molecule is c1ccc2c(-n3c4ccccc4c4cc(-c5ccc(-n6c7ccccc7c7ccccc76)cc5)ccc43)cccc2c1.c1ccc2cc(-c3ccc(-n4c5ccccc5c5cc(-c6ccc(-n7c8ccccc8c8ccccc87)cc6)ccc54)cc3)ccc2c1.c1ccc2cc(-n3c4ccc(-c5ccc(-n6c7ccccc7c7ccccc76)cc5)cc4c4ccc(-c5cccc6c5sc5ccccc56)cc43)ccc2c1. The summed E-state index contributed by atoms with van der Waals surface area (Å²) in [5.41, 5.74) is 33.9. The molecule has 7 aromatic heterocycles. The Balaban J connectivity index is 0.000000104. The fourth-order valence-corrected chi connectivity index (χ4v) is 24.6. The summed E-state index contributed by atoms with van der Waals surface area (Å²) >= 11 is 1.89. The summed E-state index contributed by atoms with van der Waals surface area (Å²) in [7, 11) is 0. The average molecular weight is 1860 g/mol. The molecule has 145 heavy (non-hydrogen) atoms. The van der Waals surface area contributed by atoms with E-state index in [0.717, 1.165) is 11.4 Å². The fraction of sp³-hybridized carbons (Fsp3) is 0. The normalized spacial score (nSPS) is 11.9. The van der Waals surface area contributed by atoms with Crippen molar-refractivity contribution in [2.45, 2.75) is 0 Å². The van der Waals surface area contributed by atoms with Crippen molar-refractivity contribution in [3.05, 3.63) is 534 Å². The van der Waals surface area contributed by atoms with Crippen molar-refractivity contribution in [2.75, 3.05) is 0 Å². The van der Waals surface area contributed by atoms with Crippen molar-refractivity contribution in [1.82, 2.24) is 27.4 Å². The van der Waals surface area contributed by atoms with Gasteiger partial charge in [-0.1, -0.05) is 364 Å². The number of rotatable bonds is 11. The van der Waals surface area contributed by atoms with E-state index < -0.39 is 0 Å². The van der Waals surface area contributed by atoms with Crippen LogP contribution in [-0.2, 0) is 0 Å². The minimum Gasteiger partial charge on any atom is -0.309 e. The smallest absolute Gasteiger partial charge is 0.0547 e. The van der Waals surface area contributed by atoms with Gasteiger partial charge in [0.25, 0.3) is 0 Å². The first-order valence-electron chi connectivity index (χ1n) is 49.8. The predicted molar refractivity (Wildman–Crippen MR) is 618 cm³/mol. The van der Waals surface area contributed by atoms with E-state index in [9.17, 15) is 0 Å². The summed E-state index contributed by atoms with van der Waals surface area (Å²) in [4.78, 5) is 0. The third kappa shape index (κ3) is 13.8. The first-order chi connectivity index (χ1) is 71.9. The molecule has 24 aromatic carbocycles. The lowest BCUT2D eigenvalue weighted by atomic mass is 10.00. The van der Waals surface area contributed by atoms with Crippen LogP contribution in [0.25, 0.3) is 273 Å². The Labute approximate surface area is 839 Å². The molecule has 7 heterocycles. The Hall–Kier alpha value is -18.9. The second-order valence-electron chi connectivity index (χ2n) is 38.1. The lowest BCUT2D eigenvalue weighted by Gasteiger charge is -2.12. The van der Waals surface area contributed by atoms with Crippen molar-refractivity contribution >= 4 is 195 Å². The highest BCUT2D eigenvalue weighted by Crippen LogP contribution is 2.47. The van der Waals surface area contributed by atoms with Crippen LogP contribution in [0.4, 0.5) is 0 Å². The van der Waals surface area contributed by atoms with Crippen molar-refractivity contribution in [3.63, 3.8) is 0 Å². The van der Waals surface area contributed by atoms with E-state index in [4.69, 9.17) is 0 Å². The molecule has 0 atom stereocenters. The van der Waals surface area contributed by atoms with Gasteiger partial charge in [-0.3, -0.25) is 0 Å². The number of thiophene rings is 1. The molecular weight excluding hydrogens is 1770 g/mol. The van der Waals surface area contributed by atoms with Crippen molar-refractivity contribution in [2.24, 2.45) is 0 Å². The summed E-state index contributed by atoms with van der Waals surface area (Å²) in [5, 5.41) is 25.4. The standard InChI is InChI=1S/C52H32N2S.C46H30N2.C40H26N2/c1-2-11-35-30-39(27-22-33(35)10-1)54-49-29-24-36(34-20-25-38(26-21-34)53-47-17-6-3-12-41(47)42-13-4-7-18-48(42)53)31-46(49)43-28-23-37(32-50(43)54)40-15-9-16-45-44-14-5-8-19-51(44)55-52(40)45;1-2-10-34-29-35(18-17-31(34)9-1)32-19-24-38(25-20-32)48-45-16-8-5-13-41(45)42-30-36(23-28-46(42)48)33-21-26-37(27-22-33)47-43-14-6-3-11-39(43)40-12-4-7-15-44(40)47;1-2-12-31-28(10-1)11-9-19-36(31)42-39-18-8-5-15-34(39)35-26-29(22-25-40(35)42)27-20-23-30(24-21-27)41-37-16-6-3-13-32(37)33-14-4-7-17-38(33)41/h1-32H;1-30H;1-26H. The third-order valence-corrected chi connectivity index (χ3v) is 31.4. The zero-order valence-electron chi connectivity index (χ0n) is 78.9. The number of hydrogen-bond donors (Lipinski definition) is 0. The van der Waals surface area contributed by atoms with Crippen LogP contribution in [-0.4, -0.2) is 27.4 Å². The highest BCUT2D eigenvalue weighted by molar-refractivity contribution is 7.26. The maximum atomic E-state index is 2.46. The third-order valence-electron chi connectivity index (χ3n) is 30.2.